The molecule has 3 heteroatoms. The molecule has 0 radical (unpaired) electrons. The number of carbonyl (C=O) groups is 1. The summed E-state index contributed by atoms with van der Waals surface area (Å²) in [7, 11) is 0. The van der Waals surface area contributed by atoms with Crippen LogP contribution in [-0.2, 0) is 4.79 Å². The first kappa shape index (κ1) is 7.54. The lowest BCUT2D eigenvalue weighted by atomic mass is 9.85. The van der Waals surface area contributed by atoms with Crippen LogP contribution in [0.2, 0.25) is 0 Å². The number of hydrogen-bond donors (Lipinski definition) is 2. The fraction of sp³-hybridized carbons (Fsp3) is 0.857. The molecular weight excluding hydrogens is 130 g/mol. The van der Waals surface area contributed by atoms with Gasteiger partial charge in [0, 0.05) is 6.04 Å². The van der Waals surface area contributed by atoms with Gasteiger partial charge in [-0.25, -0.2) is 0 Å². The normalized spacial score (nSPS) is 33.7. The Bertz CT molecular complexity index is 136. The van der Waals surface area contributed by atoms with Crippen LogP contribution in [0.1, 0.15) is 25.7 Å². The third-order valence-electron chi connectivity index (χ3n) is 2.14. The highest BCUT2D eigenvalue weighted by molar-refractivity contribution is 5.70. The molecule has 1 aliphatic rings. The molecule has 3 nitrogen and oxygen atoms in total. The lowest BCUT2D eigenvalue weighted by molar-refractivity contribution is -0.143. The van der Waals surface area contributed by atoms with Crippen LogP contribution in [0.15, 0.2) is 0 Å². The summed E-state index contributed by atoms with van der Waals surface area (Å²) < 4.78 is 0. The van der Waals surface area contributed by atoms with E-state index in [4.69, 9.17) is 10.8 Å². The van der Waals surface area contributed by atoms with Crippen molar-refractivity contribution in [2.45, 2.75) is 31.7 Å². The van der Waals surface area contributed by atoms with E-state index in [-0.39, 0.29) is 12.0 Å². The average molecular weight is 143 g/mol. The maximum Gasteiger partial charge on any atom is 0.308 e. The second-order valence-corrected chi connectivity index (χ2v) is 2.89. The van der Waals surface area contributed by atoms with Crippen molar-refractivity contribution in [1.29, 1.82) is 0 Å². The summed E-state index contributed by atoms with van der Waals surface area (Å²) >= 11 is 0. The van der Waals surface area contributed by atoms with Crippen LogP contribution in [0.25, 0.3) is 0 Å². The van der Waals surface area contributed by atoms with E-state index in [2.05, 4.69) is 0 Å². The largest absolute Gasteiger partial charge is 0.481 e. The van der Waals surface area contributed by atoms with Crippen LogP contribution in [0.5, 0.6) is 0 Å². The molecule has 3 N–H and O–H groups in total. The van der Waals surface area contributed by atoms with Gasteiger partial charge in [0.1, 0.15) is 0 Å². The van der Waals surface area contributed by atoms with Gasteiger partial charge in [0.15, 0.2) is 0 Å². The molecule has 1 unspecified atom stereocenters. The van der Waals surface area contributed by atoms with Gasteiger partial charge in [-0.2, -0.15) is 0 Å². The zero-order valence-electron chi connectivity index (χ0n) is 5.92. The monoisotopic (exact) mass is 143 g/mol. The van der Waals surface area contributed by atoms with Crippen molar-refractivity contribution in [3.05, 3.63) is 0 Å². The fourth-order valence-electron chi connectivity index (χ4n) is 1.47. The molecule has 0 aromatic rings. The molecule has 2 atom stereocenters. The third kappa shape index (κ3) is 1.48. The molecule has 0 spiro atoms. The van der Waals surface area contributed by atoms with Gasteiger partial charge in [-0.15, -0.1) is 0 Å². The van der Waals surface area contributed by atoms with E-state index in [1.165, 1.54) is 0 Å². The summed E-state index contributed by atoms with van der Waals surface area (Å²) in [6.45, 7) is 0. The summed E-state index contributed by atoms with van der Waals surface area (Å²) in [4.78, 5) is 10.5. The highest BCUT2D eigenvalue weighted by atomic mass is 16.4. The Hall–Kier alpha value is -0.570. The zero-order chi connectivity index (χ0) is 7.56. The lowest BCUT2D eigenvalue weighted by Crippen LogP contribution is -2.37. The van der Waals surface area contributed by atoms with Crippen molar-refractivity contribution in [2.75, 3.05) is 0 Å². The van der Waals surface area contributed by atoms with E-state index >= 15 is 0 Å². The number of nitrogens with two attached hydrogens (primary N) is 1. The van der Waals surface area contributed by atoms with Gasteiger partial charge in [-0.1, -0.05) is 12.8 Å². The van der Waals surface area contributed by atoms with Gasteiger partial charge in [0.25, 0.3) is 0 Å². The van der Waals surface area contributed by atoms with Crippen molar-refractivity contribution in [3.8, 4) is 0 Å². The van der Waals surface area contributed by atoms with Crippen molar-refractivity contribution >= 4 is 5.97 Å². The van der Waals surface area contributed by atoms with E-state index in [9.17, 15) is 4.79 Å². The van der Waals surface area contributed by atoms with Crippen LogP contribution in [0.3, 0.4) is 0 Å². The van der Waals surface area contributed by atoms with Gasteiger partial charge in [0.05, 0.1) is 5.92 Å². The van der Waals surface area contributed by atoms with E-state index in [0.29, 0.717) is 0 Å². The van der Waals surface area contributed by atoms with Gasteiger partial charge in [0.2, 0.25) is 0 Å². The Labute approximate surface area is 60.2 Å². The van der Waals surface area contributed by atoms with E-state index < -0.39 is 5.97 Å². The molecule has 0 heterocycles. The van der Waals surface area contributed by atoms with Gasteiger partial charge < -0.3 is 10.8 Å². The standard InChI is InChI=1S/C7H13NO2/c8-6-4-2-1-3-5(6)7(9)10/h5-6H,1-4,8H2,(H,9,10)/t5-,6?/m1/s1. The Morgan fingerprint density at radius 1 is 1.40 bits per heavy atom. The smallest absolute Gasteiger partial charge is 0.308 e. The van der Waals surface area contributed by atoms with Crippen LogP contribution in [0, 0.1) is 5.92 Å². The summed E-state index contributed by atoms with van der Waals surface area (Å²) in [6, 6.07) is -0.105. The van der Waals surface area contributed by atoms with Gasteiger partial charge >= 0.3 is 5.97 Å². The Balaban J connectivity index is 2.47. The second-order valence-electron chi connectivity index (χ2n) is 2.89. The molecule has 1 rings (SSSR count). The minimum atomic E-state index is -0.729. The number of rotatable bonds is 1. The fourth-order valence-corrected chi connectivity index (χ4v) is 1.47. The molecular formula is C7H13NO2. The molecule has 0 aromatic carbocycles. The number of hydrogen-bond acceptors (Lipinski definition) is 2. The maximum atomic E-state index is 10.5. The molecule has 10 heavy (non-hydrogen) atoms. The van der Waals surface area contributed by atoms with Crippen molar-refractivity contribution in [2.24, 2.45) is 11.7 Å². The first-order valence-electron chi connectivity index (χ1n) is 3.70. The molecule has 0 aromatic heterocycles. The lowest BCUT2D eigenvalue weighted by Gasteiger charge is -2.24. The SMILES string of the molecule is NC1CCCC[C@H]1C(=O)O. The third-order valence-corrected chi connectivity index (χ3v) is 2.14. The number of aliphatic carboxylic acids is 1. The molecule has 0 bridgehead atoms. The van der Waals surface area contributed by atoms with Gasteiger partial charge in [-0.05, 0) is 12.8 Å². The molecule has 0 saturated heterocycles. The molecule has 1 saturated carbocycles. The topological polar surface area (TPSA) is 63.3 Å². The van der Waals surface area contributed by atoms with E-state index in [1.54, 1.807) is 0 Å². The van der Waals surface area contributed by atoms with Crippen molar-refractivity contribution in [3.63, 3.8) is 0 Å². The molecule has 1 fully saturated rings. The van der Waals surface area contributed by atoms with E-state index in [1.807, 2.05) is 0 Å². The molecule has 58 valence electrons. The summed E-state index contributed by atoms with van der Waals surface area (Å²) in [6.07, 6.45) is 3.74. The summed E-state index contributed by atoms with van der Waals surface area (Å²) in [5.74, 6) is -1.01. The first-order chi connectivity index (χ1) is 4.72. The predicted molar refractivity (Wildman–Crippen MR) is 37.6 cm³/mol. The summed E-state index contributed by atoms with van der Waals surface area (Å²) in [5, 5.41) is 8.63. The number of carboxylic acid groups (broad SMARTS) is 1. The Kier molecular flexibility index (Phi) is 2.27. The quantitative estimate of drug-likeness (QED) is 0.564. The maximum absolute atomic E-state index is 10.5. The highest BCUT2D eigenvalue weighted by Crippen LogP contribution is 2.22. The molecule has 0 aliphatic heterocycles. The molecule has 1 aliphatic carbocycles. The predicted octanol–water partition coefficient (Wildman–Crippen LogP) is 0.588. The highest BCUT2D eigenvalue weighted by Gasteiger charge is 2.27. The van der Waals surface area contributed by atoms with Crippen LogP contribution >= 0.6 is 0 Å². The van der Waals surface area contributed by atoms with Gasteiger partial charge in [-0.3, -0.25) is 4.79 Å². The van der Waals surface area contributed by atoms with Crippen molar-refractivity contribution < 1.29 is 9.90 Å². The number of carboxylic acids is 1. The summed E-state index contributed by atoms with van der Waals surface area (Å²) in [5.41, 5.74) is 5.60. The van der Waals surface area contributed by atoms with Crippen LogP contribution < -0.4 is 5.73 Å². The van der Waals surface area contributed by atoms with Crippen LogP contribution in [0.4, 0.5) is 0 Å². The average Bonchev–Trinajstić information content (AvgIpc) is 1.88. The Morgan fingerprint density at radius 3 is 2.40 bits per heavy atom. The zero-order valence-corrected chi connectivity index (χ0v) is 5.92. The minimum absolute atomic E-state index is 0.105. The van der Waals surface area contributed by atoms with Crippen LogP contribution in [-0.4, -0.2) is 17.1 Å². The first-order valence-corrected chi connectivity index (χ1v) is 3.70. The molecule has 0 amide bonds. The minimum Gasteiger partial charge on any atom is -0.481 e. The van der Waals surface area contributed by atoms with Crippen molar-refractivity contribution in [1.82, 2.24) is 0 Å². The van der Waals surface area contributed by atoms with E-state index in [0.717, 1.165) is 25.7 Å². The second kappa shape index (κ2) is 3.01. The Morgan fingerprint density at radius 2 is 2.00 bits per heavy atom.